The normalized spacial score (nSPS) is 16.6. The molecule has 1 heterocycles. The van der Waals surface area contributed by atoms with E-state index in [1.165, 1.54) is 28.9 Å². The predicted molar refractivity (Wildman–Crippen MR) is 109 cm³/mol. The number of hydrogen-bond donors (Lipinski definition) is 0. The third-order valence-corrected chi connectivity index (χ3v) is 5.64. The third-order valence-electron chi connectivity index (χ3n) is 5.64. The van der Waals surface area contributed by atoms with Crippen molar-refractivity contribution in [2.45, 2.75) is 45.3 Å². The number of carbonyl (C=O) groups is 2. The van der Waals surface area contributed by atoms with Crippen molar-refractivity contribution in [3.05, 3.63) is 58.7 Å². The Morgan fingerprint density at radius 3 is 2.50 bits per heavy atom. The van der Waals surface area contributed by atoms with E-state index in [2.05, 4.69) is 12.1 Å². The van der Waals surface area contributed by atoms with Crippen LogP contribution in [0, 0.1) is 0 Å². The van der Waals surface area contributed by atoms with Crippen molar-refractivity contribution in [1.82, 2.24) is 4.90 Å². The Bertz CT molecular complexity index is 935. The van der Waals surface area contributed by atoms with Crippen LogP contribution in [0.4, 0.5) is 5.69 Å². The highest BCUT2D eigenvalue weighted by Crippen LogP contribution is 2.33. The molecule has 5 heteroatoms. The summed E-state index contributed by atoms with van der Waals surface area (Å²) in [5, 5.41) is 0. The van der Waals surface area contributed by atoms with Crippen LogP contribution in [0.25, 0.3) is 0 Å². The Morgan fingerprint density at radius 1 is 1.04 bits per heavy atom. The molecule has 0 bridgehead atoms. The van der Waals surface area contributed by atoms with Crippen LogP contribution >= 0.6 is 0 Å². The highest BCUT2D eigenvalue weighted by molar-refractivity contribution is 6.23. The van der Waals surface area contributed by atoms with Crippen molar-refractivity contribution in [2.75, 3.05) is 19.0 Å². The molecule has 2 aliphatic rings. The summed E-state index contributed by atoms with van der Waals surface area (Å²) in [7, 11) is 3.74. The zero-order valence-electron chi connectivity index (χ0n) is 16.7. The van der Waals surface area contributed by atoms with Crippen LogP contribution in [0.3, 0.4) is 0 Å². The minimum Gasteiger partial charge on any atom is -0.470 e. The third kappa shape index (κ3) is 3.05. The molecule has 0 radical (unpaired) electrons. The second-order valence-corrected chi connectivity index (χ2v) is 7.69. The van der Waals surface area contributed by atoms with Crippen LogP contribution < -0.4 is 9.64 Å². The van der Waals surface area contributed by atoms with Gasteiger partial charge in [0.2, 0.25) is 0 Å². The molecule has 2 aromatic carbocycles. The molecular weight excluding hydrogens is 352 g/mol. The first-order valence-electron chi connectivity index (χ1n) is 9.98. The number of amides is 2. The van der Waals surface area contributed by atoms with Gasteiger partial charge >= 0.3 is 0 Å². The number of hydrogen-bond acceptors (Lipinski definition) is 4. The van der Waals surface area contributed by atoms with Gasteiger partial charge < -0.3 is 9.64 Å². The van der Waals surface area contributed by atoms with Gasteiger partial charge in [0, 0.05) is 26.2 Å². The van der Waals surface area contributed by atoms with E-state index in [0.29, 0.717) is 17.5 Å². The number of anilines is 1. The largest absolute Gasteiger partial charge is 0.470 e. The lowest BCUT2D eigenvalue weighted by Crippen LogP contribution is -2.43. The summed E-state index contributed by atoms with van der Waals surface area (Å²) in [6.45, 7) is 1.93. The van der Waals surface area contributed by atoms with E-state index in [4.69, 9.17) is 4.74 Å². The molecule has 1 aliphatic carbocycles. The van der Waals surface area contributed by atoms with Crippen molar-refractivity contribution < 1.29 is 14.3 Å². The molecule has 0 saturated carbocycles. The van der Waals surface area contributed by atoms with Gasteiger partial charge in [-0.05, 0) is 61.1 Å². The van der Waals surface area contributed by atoms with E-state index in [1.807, 2.05) is 44.1 Å². The van der Waals surface area contributed by atoms with Gasteiger partial charge in [-0.1, -0.05) is 19.1 Å². The minimum atomic E-state index is -0.621. The van der Waals surface area contributed by atoms with Crippen LogP contribution in [0.1, 0.15) is 58.0 Å². The zero-order valence-corrected chi connectivity index (χ0v) is 16.7. The molecular formula is C23H26N2O3. The fourth-order valence-corrected chi connectivity index (χ4v) is 4.18. The molecule has 146 valence electrons. The first kappa shape index (κ1) is 18.5. The molecule has 2 aromatic rings. The van der Waals surface area contributed by atoms with Crippen molar-refractivity contribution >= 4 is 17.5 Å². The molecule has 4 rings (SSSR count). The summed E-state index contributed by atoms with van der Waals surface area (Å²) in [5.74, 6) is 0.152. The Balaban J connectivity index is 1.63. The lowest BCUT2D eigenvalue weighted by molar-refractivity contribution is 0.0226. The van der Waals surface area contributed by atoms with Gasteiger partial charge in [0.1, 0.15) is 5.75 Å². The zero-order chi connectivity index (χ0) is 19.8. The molecule has 0 aromatic heterocycles. The smallest absolute Gasteiger partial charge is 0.266 e. The van der Waals surface area contributed by atoms with Crippen molar-refractivity contribution in [2.24, 2.45) is 0 Å². The molecule has 0 spiro atoms. The molecule has 28 heavy (non-hydrogen) atoms. The van der Waals surface area contributed by atoms with Gasteiger partial charge in [-0.2, -0.15) is 0 Å². The second-order valence-electron chi connectivity index (χ2n) is 7.69. The van der Waals surface area contributed by atoms with Gasteiger partial charge in [0.15, 0.2) is 6.23 Å². The maximum atomic E-state index is 13.2. The Hall–Kier alpha value is -2.82. The maximum absolute atomic E-state index is 13.2. The van der Waals surface area contributed by atoms with Gasteiger partial charge in [-0.25, -0.2) is 4.90 Å². The van der Waals surface area contributed by atoms with Crippen LogP contribution in [0.5, 0.6) is 5.75 Å². The molecule has 1 atom stereocenters. The summed E-state index contributed by atoms with van der Waals surface area (Å²) in [6, 6.07) is 11.5. The lowest BCUT2D eigenvalue weighted by atomic mass is 9.92. The van der Waals surface area contributed by atoms with Crippen LogP contribution in [-0.4, -0.2) is 37.0 Å². The van der Waals surface area contributed by atoms with Gasteiger partial charge in [0.25, 0.3) is 11.8 Å². The summed E-state index contributed by atoms with van der Waals surface area (Å²) in [5.41, 5.74) is 4.36. The topological polar surface area (TPSA) is 49.9 Å². The van der Waals surface area contributed by atoms with Crippen molar-refractivity contribution in [3.8, 4) is 5.75 Å². The quantitative estimate of drug-likeness (QED) is 0.737. The first-order chi connectivity index (χ1) is 13.5. The molecule has 2 amide bonds. The standard InChI is InChI=1S/C23H26N2O3/c1-4-20(28-17-13-12-15-8-5-6-9-16(15)14-17)25-22(26)18-10-7-11-19(24(2)3)21(18)23(25)27/h7,10-14,20H,4-6,8-9H2,1-3H3. The Labute approximate surface area is 165 Å². The fourth-order valence-electron chi connectivity index (χ4n) is 4.18. The summed E-state index contributed by atoms with van der Waals surface area (Å²) >= 11 is 0. The molecule has 0 saturated heterocycles. The van der Waals surface area contributed by atoms with E-state index >= 15 is 0 Å². The lowest BCUT2D eigenvalue weighted by Gasteiger charge is -2.27. The molecule has 1 unspecified atom stereocenters. The number of aryl methyl sites for hydroxylation is 2. The van der Waals surface area contributed by atoms with E-state index in [0.717, 1.165) is 24.3 Å². The van der Waals surface area contributed by atoms with Gasteiger partial charge in [-0.3, -0.25) is 9.59 Å². The number of rotatable bonds is 5. The maximum Gasteiger partial charge on any atom is 0.266 e. The monoisotopic (exact) mass is 378 g/mol. The number of fused-ring (bicyclic) bond motifs is 2. The SMILES string of the molecule is CCC(Oc1ccc2c(c1)CCCC2)N1C(=O)c2cccc(N(C)C)c2C1=O. The van der Waals surface area contributed by atoms with Crippen LogP contribution in [-0.2, 0) is 12.8 Å². The summed E-state index contributed by atoms with van der Waals surface area (Å²) in [4.78, 5) is 29.3. The fraction of sp³-hybridized carbons (Fsp3) is 0.391. The number of nitrogens with zero attached hydrogens (tertiary/aromatic N) is 2. The van der Waals surface area contributed by atoms with Crippen molar-refractivity contribution in [1.29, 1.82) is 0 Å². The first-order valence-corrected chi connectivity index (χ1v) is 9.98. The van der Waals surface area contributed by atoms with Crippen LogP contribution in [0.2, 0.25) is 0 Å². The predicted octanol–water partition coefficient (Wildman–Crippen LogP) is 4.04. The average molecular weight is 378 g/mol. The van der Waals surface area contributed by atoms with Crippen LogP contribution in [0.15, 0.2) is 36.4 Å². The Morgan fingerprint density at radius 2 is 1.79 bits per heavy atom. The summed E-state index contributed by atoms with van der Waals surface area (Å²) < 4.78 is 6.16. The van der Waals surface area contributed by atoms with E-state index in [9.17, 15) is 9.59 Å². The van der Waals surface area contributed by atoms with E-state index in [-0.39, 0.29) is 11.8 Å². The highest BCUT2D eigenvalue weighted by Gasteiger charge is 2.42. The molecule has 0 N–H and O–H groups in total. The van der Waals surface area contributed by atoms with Gasteiger partial charge in [0.05, 0.1) is 11.1 Å². The number of carbonyl (C=O) groups excluding carboxylic acids is 2. The van der Waals surface area contributed by atoms with Crippen molar-refractivity contribution in [3.63, 3.8) is 0 Å². The number of benzene rings is 2. The minimum absolute atomic E-state index is 0.283. The molecule has 1 aliphatic heterocycles. The Kier molecular flexibility index (Phi) is 4.84. The number of imide groups is 1. The number of ether oxygens (including phenoxy) is 1. The average Bonchev–Trinajstić information content (AvgIpc) is 2.96. The highest BCUT2D eigenvalue weighted by atomic mass is 16.5. The van der Waals surface area contributed by atoms with E-state index in [1.54, 1.807) is 6.07 Å². The summed E-state index contributed by atoms with van der Waals surface area (Å²) in [6.07, 6.45) is 4.50. The molecule has 0 fully saturated rings. The molecule has 5 nitrogen and oxygen atoms in total. The van der Waals surface area contributed by atoms with E-state index < -0.39 is 6.23 Å². The van der Waals surface area contributed by atoms with Gasteiger partial charge in [-0.15, -0.1) is 0 Å². The second kappa shape index (κ2) is 7.30.